The molecule has 10 heteroatoms. The Morgan fingerprint density at radius 1 is 1.15 bits per heavy atom. The van der Waals surface area contributed by atoms with E-state index in [9.17, 15) is 22.4 Å². The number of benzene rings is 1. The standard InChI is InChI=1S/C24H28F4N4O.ClH/c25-23(26)9-11(10-23)5-19(33)32-21(12-1-2-12)13-3-4-17-18(8-13)31-22(30-17)20(29)14-6-15-16(7-14)24(15,27)28;/h3-4,8,11-12,14-16,20-21H,1-2,5-7,9-10,29H2,(H,30,31)(H,32,33);1H/t14?,15-,16+,20-,21+;/m0./s1. The summed E-state index contributed by atoms with van der Waals surface area (Å²) in [6.07, 6.45) is 2.60. The van der Waals surface area contributed by atoms with Crippen LogP contribution >= 0.6 is 12.4 Å². The van der Waals surface area contributed by atoms with Crippen molar-refractivity contribution < 1.29 is 22.4 Å². The summed E-state index contributed by atoms with van der Waals surface area (Å²) in [5.41, 5.74) is 8.88. The maximum absolute atomic E-state index is 13.5. The topological polar surface area (TPSA) is 83.8 Å². The summed E-state index contributed by atoms with van der Waals surface area (Å²) in [6, 6.07) is 5.20. The molecule has 6 rings (SSSR count). The van der Waals surface area contributed by atoms with Crippen molar-refractivity contribution in [1.29, 1.82) is 0 Å². The fraction of sp³-hybridized carbons (Fsp3) is 0.667. The Morgan fingerprint density at radius 3 is 2.44 bits per heavy atom. The fourth-order valence-electron chi connectivity index (χ4n) is 6.09. The molecule has 1 aromatic carbocycles. The van der Waals surface area contributed by atoms with Crippen LogP contribution in [0.1, 0.15) is 68.4 Å². The molecule has 4 aliphatic rings. The quantitative estimate of drug-likeness (QED) is 0.452. The lowest BCUT2D eigenvalue weighted by Crippen LogP contribution is -2.39. The molecule has 1 amide bonds. The van der Waals surface area contributed by atoms with Crippen LogP contribution in [0, 0.1) is 29.6 Å². The smallest absolute Gasteiger partial charge is 0.254 e. The highest BCUT2D eigenvalue weighted by Gasteiger charge is 2.71. The monoisotopic (exact) mass is 500 g/mol. The molecule has 4 fully saturated rings. The van der Waals surface area contributed by atoms with Crippen molar-refractivity contribution in [3.05, 3.63) is 29.6 Å². The van der Waals surface area contributed by atoms with Gasteiger partial charge < -0.3 is 16.0 Å². The van der Waals surface area contributed by atoms with Crippen LogP contribution in [0.15, 0.2) is 18.2 Å². The number of amides is 1. The minimum absolute atomic E-state index is 0. The zero-order valence-corrected chi connectivity index (χ0v) is 19.4. The summed E-state index contributed by atoms with van der Waals surface area (Å²) in [5.74, 6) is -5.68. The van der Waals surface area contributed by atoms with Crippen LogP contribution < -0.4 is 11.1 Å². The first-order valence-corrected chi connectivity index (χ1v) is 11.9. The fourth-order valence-corrected chi connectivity index (χ4v) is 6.09. The molecule has 0 saturated heterocycles. The number of hydrogen-bond donors (Lipinski definition) is 3. The number of alkyl halides is 4. The second-order valence-electron chi connectivity index (χ2n) is 10.8. The van der Waals surface area contributed by atoms with E-state index < -0.39 is 29.7 Å². The van der Waals surface area contributed by atoms with Gasteiger partial charge in [0.05, 0.1) is 23.1 Å². The van der Waals surface area contributed by atoms with Gasteiger partial charge >= 0.3 is 0 Å². The van der Waals surface area contributed by atoms with E-state index in [0.29, 0.717) is 24.6 Å². The maximum atomic E-state index is 13.5. The average molecular weight is 501 g/mol. The van der Waals surface area contributed by atoms with E-state index >= 15 is 0 Å². The lowest BCUT2D eigenvalue weighted by molar-refractivity contribution is -0.134. The third kappa shape index (κ3) is 4.19. The van der Waals surface area contributed by atoms with E-state index in [2.05, 4.69) is 15.3 Å². The molecular formula is C24H29ClF4N4O. The predicted octanol–water partition coefficient (Wildman–Crippen LogP) is 5.28. The molecule has 1 heterocycles. The number of aromatic nitrogens is 2. The number of fused-ring (bicyclic) bond motifs is 2. The van der Waals surface area contributed by atoms with Gasteiger partial charge in [-0.05, 0) is 61.1 Å². The van der Waals surface area contributed by atoms with E-state index in [1.54, 1.807) is 0 Å². The third-order valence-corrected chi connectivity index (χ3v) is 8.24. The summed E-state index contributed by atoms with van der Waals surface area (Å²) in [7, 11) is 0. The lowest BCUT2D eigenvalue weighted by Gasteiger charge is -2.34. The Balaban J connectivity index is 0.00000241. The number of nitrogens with zero attached hydrogens (tertiary/aromatic N) is 1. The average Bonchev–Trinajstić information content (AvgIpc) is 3.49. The molecule has 5 atom stereocenters. The minimum Gasteiger partial charge on any atom is -0.349 e. The number of carbonyl (C=O) groups is 1. The zero-order valence-electron chi connectivity index (χ0n) is 18.6. The molecule has 2 aromatic rings. The molecule has 1 aromatic heterocycles. The van der Waals surface area contributed by atoms with Gasteiger partial charge in [0.2, 0.25) is 11.8 Å². The molecule has 4 aliphatic carbocycles. The van der Waals surface area contributed by atoms with Gasteiger partial charge in [0.25, 0.3) is 5.92 Å². The lowest BCUT2D eigenvalue weighted by atomic mass is 9.79. The third-order valence-electron chi connectivity index (χ3n) is 8.24. The molecule has 0 spiro atoms. The number of carbonyl (C=O) groups excluding carboxylic acids is 1. The van der Waals surface area contributed by atoms with Gasteiger partial charge in [-0.3, -0.25) is 4.79 Å². The van der Waals surface area contributed by atoms with Crippen molar-refractivity contribution in [3.63, 3.8) is 0 Å². The van der Waals surface area contributed by atoms with Gasteiger partial charge in [0.1, 0.15) is 5.82 Å². The predicted molar refractivity (Wildman–Crippen MR) is 121 cm³/mol. The Kier molecular flexibility index (Phi) is 5.67. The highest BCUT2D eigenvalue weighted by molar-refractivity contribution is 5.85. The van der Waals surface area contributed by atoms with Gasteiger partial charge in [-0.1, -0.05) is 6.07 Å². The largest absolute Gasteiger partial charge is 0.349 e. The SMILES string of the molecule is Cl.N[C@H](c1nc2ccc([C@H](NC(=O)CC3CC(F)(F)C3)C3CC3)cc2[nH]1)C1C[C@@H]2[C@H](C1)C2(F)F. The second kappa shape index (κ2) is 8.08. The molecule has 0 aliphatic heterocycles. The van der Waals surface area contributed by atoms with Crippen molar-refractivity contribution >= 4 is 29.3 Å². The van der Waals surface area contributed by atoms with Gasteiger partial charge in [-0.25, -0.2) is 22.5 Å². The highest BCUT2D eigenvalue weighted by Crippen LogP contribution is 2.66. The van der Waals surface area contributed by atoms with Gasteiger partial charge in [0.15, 0.2) is 0 Å². The number of aromatic amines is 1. The van der Waals surface area contributed by atoms with E-state index in [-0.39, 0.29) is 55.5 Å². The van der Waals surface area contributed by atoms with E-state index in [1.165, 1.54) is 0 Å². The maximum Gasteiger partial charge on any atom is 0.254 e. The number of nitrogens with one attached hydrogen (secondary N) is 2. The first-order valence-electron chi connectivity index (χ1n) is 11.9. The van der Waals surface area contributed by atoms with E-state index in [4.69, 9.17) is 5.73 Å². The van der Waals surface area contributed by atoms with Gasteiger partial charge in [0, 0.05) is 31.1 Å². The van der Waals surface area contributed by atoms with Crippen LogP contribution in [0.3, 0.4) is 0 Å². The number of imidazole rings is 1. The Labute approximate surface area is 201 Å². The van der Waals surface area contributed by atoms with Crippen molar-refractivity contribution in [2.24, 2.45) is 35.3 Å². The molecule has 34 heavy (non-hydrogen) atoms. The van der Waals surface area contributed by atoms with Gasteiger partial charge in [-0.2, -0.15) is 0 Å². The summed E-state index contributed by atoms with van der Waals surface area (Å²) in [6.45, 7) is 0. The Hall–Kier alpha value is -1.87. The summed E-state index contributed by atoms with van der Waals surface area (Å²) < 4.78 is 53.2. The van der Waals surface area contributed by atoms with E-state index in [0.717, 1.165) is 29.4 Å². The van der Waals surface area contributed by atoms with Crippen LogP contribution in [0.4, 0.5) is 17.6 Å². The summed E-state index contributed by atoms with van der Waals surface area (Å²) in [4.78, 5) is 20.4. The van der Waals surface area contributed by atoms with Crippen LogP contribution in [0.2, 0.25) is 0 Å². The van der Waals surface area contributed by atoms with Crippen molar-refractivity contribution in [2.75, 3.05) is 0 Å². The van der Waals surface area contributed by atoms with Gasteiger partial charge in [-0.15, -0.1) is 12.4 Å². The van der Waals surface area contributed by atoms with E-state index in [1.807, 2.05) is 18.2 Å². The molecular weight excluding hydrogens is 472 g/mol. The number of halogens is 5. The zero-order chi connectivity index (χ0) is 23.1. The van der Waals surface area contributed by atoms with Crippen molar-refractivity contribution in [1.82, 2.24) is 15.3 Å². The molecule has 1 unspecified atom stereocenters. The number of nitrogens with two attached hydrogens (primary N) is 1. The number of H-pyrrole nitrogens is 1. The highest BCUT2D eigenvalue weighted by atomic mass is 35.5. The first kappa shape index (κ1) is 23.9. The van der Waals surface area contributed by atoms with Crippen LogP contribution in [0.25, 0.3) is 11.0 Å². The van der Waals surface area contributed by atoms with Crippen molar-refractivity contribution in [2.45, 2.75) is 68.9 Å². The molecule has 0 radical (unpaired) electrons. The van der Waals surface area contributed by atoms with Crippen LogP contribution in [-0.4, -0.2) is 27.7 Å². The molecule has 5 nitrogen and oxygen atoms in total. The Morgan fingerprint density at radius 2 is 1.82 bits per heavy atom. The first-order chi connectivity index (χ1) is 15.6. The molecule has 4 N–H and O–H groups in total. The molecule has 0 bridgehead atoms. The Bertz CT molecular complexity index is 1080. The second-order valence-corrected chi connectivity index (χ2v) is 10.8. The van der Waals surface area contributed by atoms with Crippen molar-refractivity contribution in [3.8, 4) is 0 Å². The number of rotatable bonds is 7. The summed E-state index contributed by atoms with van der Waals surface area (Å²) in [5, 5.41) is 3.06. The molecule has 186 valence electrons. The normalized spacial score (nSPS) is 30.7. The molecule has 4 saturated carbocycles. The number of hydrogen-bond acceptors (Lipinski definition) is 3. The van der Waals surface area contributed by atoms with Crippen LogP contribution in [0.5, 0.6) is 0 Å². The minimum atomic E-state index is -2.62. The van der Waals surface area contributed by atoms with Crippen LogP contribution in [-0.2, 0) is 4.79 Å². The summed E-state index contributed by atoms with van der Waals surface area (Å²) >= 11 is 0.